The van der Waals surface area contributed by atoms with Gasteiger partial charge in [0.1, 0.15) is 9.84 Å². The number of sulfone groups is 1. The molecule has 0 fully saturated rings. The predicted molar refractivity (Wildman–Crippen MR) is 69.6 cm³/mol. The Hall–Kier alpha value is 0.590. The highest BCUT2D eigenvalue weighted by Gasteiger charge is 2.13. The van der Waals surface area contributed by atoms with Crippen molar-refractivity contribution in [2.45, 2.75) is 12.8 Å². The van der Waals surface area contributed by atoms with Crippen molar-refractivity contribution in [2.75, 3.05) is 28.7 Å². The van der Waals surface area contributed by atoms with Gasteiger partial charge in [0.15, 0.2) is 0 Å². The molecule has 0 spiro atoms. The Morgan fingerprint density at radius 1 is 1.07 bits per heavy atom. The van der Waals surface area contributed by atoms with Crippen molar-refractivity contribution in [1.82, 2.24) is 4.72 Å². The second-order valence-electron chi connectivity index (χ2n) is 3.24. The molecule has 92 valence electrons. The zero-order valence-corrected chi connectivity index (χ0v) is 12.4. The molecule has 5 nitrogen and oxygen atoms in total. The van der Waals surface area contributed by atoms with Crippen LogP contribution in [0.25, 0.3) is 0 Å². The van der Waals surface area contributed by atoms with Crippen LogP contribution in [0.1, 0.15) is 12.8 Å². The normalized spacial score (nSPS) is 12.9. The van der Waals surface area contributed by atoms with Crippen LogP contribution in [-0.4, -0.2) is 45.6 Å². The van der Waals surface area contributed by atoms with E-state index < -0.39 is 19.9 Å². The Kier molecular flexibility index (Phi) is 7.30. The van der Waals surface area contributed by atoms with Gasteiger partial charge in [-0.25, -0.2) is 21.6 Å². The molecule has 0 aliphatic rings. The fourth-order valence-electron chi connectivity index (χ4n) is 0.780. The number of hydrogen-bond donors (Lipinski definition) is 1. The molecule has 0 bridgehead atoms. The number of halogens is 1. The topological polar surface area (TPSA) is 80.3 Å². The maximum atomic E-state index is 11.3. The van der Waals surface area contributed by atoms with Gasteiger partial charge in [-0.1, -0.05) is 22.6 Å². The van der Waals surface area contributed by atoms with E-state index in [2.05, 4.69) is 27.3 Å². The average Bonchev–Trinajstić information content (AvgIpc) is 2.09. The summed E-state index contributed by atoms with van der Waals surface area (Å²) in [5, 5.41) is 0. The molecule has 0 saturated carbocycles. The quantitative estimate of drug-likeness (QED) is 0.376. The van der Waals surface area contributed by atoms with Gasteiger partial charge in [0.2, 0.25) is 10.0 Å². The molecule has 0 amide bonds. The molecule has 0 aromatic carbocycles. The summed E-state index contributed by atoms with van der Waals surface area (Å²) in [7, 11) is -6.64. The van der Waals surface area contributed by atoms with E-state index in [0.717, 1.165) is 23.5 Å². The molecule has 0 heterocycles. The molecule has 1 N–H and O–H groups in total. The molecule has 0 aliphatic heterocycles. The molecule has 0 saturated heterocycles. The maximum Gasteiger partial charge on any atom is 0.212 e. The Morgan fingerprint density at radius 2 is 1.67 bits per heavy atom. The number of alkyl halides is 1. The van der Waals surface area contributed by atoms with E-state index in [1.165, 1.54) is 0 Å². The van der Waals surface area contributed by atoms with Crippen molar-refractivity contribution in [1.29, 1.82) is 0 Å². The fourth-order valence-corrected chi connectivity index (χ4v) is 4.01. The summed E-state index contributed by atoms with van der Waals surface area (Å²) in [6, 6.07) is 0. The highest BCUT2D eigenvalue weighted by atomic mass is 127. The zero-order chi connectivity index (χ0) is 11.9. The summed E-state index contributed by atoms with van der Waals surface area (Å²) in [6.07, 6.45) is 2.76. The third-order valence-electron chi connectivity index (χ3n) is 1.61. The van der Waals surface area contributed by atoms with E-state index >= 15 is 0 Å². The first-order valence-electron chi connectivity index (χ1n) is 4.48. The van der Waals surface area contributed by atoms with Gasteiger partial charge in [0.25, 0.3) is 0 Å². The van der Waals surface area contributed by atoms with E-state index in [-0.39, 0.29) is 11.5 Å². The van der Waals surface area contributed by atoms with Gasteiger partial charge in [0, 0.05) is 12.8 Å². The number of sulfonamides is 1. The lowest BCUT2D eigenvalue weighted by atomic mass is 10.3. The lowest BCUT2D eigenvalue weighted by Gasteiger charge is -2.05. The van der Waals surface area contributed by atoms with Gasteiger partial charge in [0.05, 0.1) is 11.5 Å². The van der Waals surface area contributed by atoms with Crippen LogP contribution < -0.4 is 4.72 Å². The Bertz CT molecular complexity index is 362. The van der Waals surface area contributed by atoms with Crippen LogP contribution in [0.2, 0.25) is 0 Å². The monoisotopic (exact) mass is 369 g/mol. The van der Waals surface area contributed by atoms with Crippen molar-refractivity contribution >= 4 is 42.5 Å². The first kappa shape index (κ1) is 15.6. The molecule has 0 aromatic rings. The van der Waals surface area contributed by atoms with E-state index in [4.69, 9.17) is 0 Å². The Balaban J connectivity index is 3.88. The second-order valence-corrected chi connectivity index (χ2v) is 8.50. The van der Waals surface area contributed by atoms with Crippen LogP contribution in [0.3, 0.4) is 0 Å². The van der Waals surface area contributed by atoms with E-state index in [0.29, 0.717) is 6.54 Å². The van der Waals surface area contributed by atoms with Gasteiger partial charge in [-0.05, 0) is 17.3 Å². The predicted octanol–water partition coefficient (Wildman–Crippen LogP) is 0.166. The van der Waals surface area contributed by atoms with Gasteiger partial charge in [-0.15, -0.1) is 0 Å². The van der Waals surface area contributed by atoms with Crippen molar-refractivity contribution in [3.8, 4) is 0 Å². The molecule has 0 aliphatic carbocycles. The summed E-state index contributed by atoms with van der Waals surface area (Å²) in [5.74, 6) is -0.676. The van der Waals surface area contributed by atoms with Crippen LogP contribution in [0.4, 0.5) is 0 Å². The van der Waals surface area contributed by atoms with Crippen molar-refractivity contribution in [2.24, 2.45) is 0 Å². The zero-order valence-electron chi connectivity index (χ0n) is 8.57. The summed E-state index contributed by atoms with van der Waals surface area (Å²) in [4.78, 5) is 0. The summed E-state index contributed by atoms with van der Waals surface area (Å²) in [5.41, 5.74) is 0. The average molecular weight is 369 g/mol. The molecule has 0 aromatic heterocycles. The number of unbranched alkanes of at least 4 members (excludes halogenated alkanes) is 1. The van der Waals surface area contributed by atoms with Crippen LogP contribution in [0.15, 0.2) is 0 Å². The van der Waals surface area contributed by atoms with Crippen LogP contribution in [-0.2, 0) is 19.9 Å². The number of rotatable bonds is 8. The summed E-state index contributed by atoms with van der Waals surface area (Å²) >= 11 is 2.22. The highest BCUT2D eigenvalue weighted by molar-refractivity contribution is 14.1. The Morgan fingerprint density at radius 3 is 2.13 bits per heavy atom. The third kappa shape index (κ3) is 10.9. The molecule has 15 heavy (non-hydrogen) atoms. The summed E-state index contributed by atoms with van der Waals surface area (Å²) < 4.78 is 47.4. The second kappa shape index (κ2) is 7.02. The van der Waals surface area contributed by atoms with E-state index in [1.807, 2.05) is 0 Å². The molecule has 0 unspecified atom stereocenters. The highest BCUT2D eigenvalue weighted by Crippen LogP contribution is 1.95. The van der Waals surface area contributed by atoms with Crippen molar-refractivity contribution in [3.05, 3.63) is 0 Å². The minimum absolute atomic E-state index is 0.325. The minimum atomic E-state index is -3.43. The minimum Gasteiger partial charge on any atom is -0.229 e. The third-order valence-corrected chi connectivity index (χ3v) is 4.96. The van der Waals surface area contributed by atoms with Crippen LogP contribution in [0.5, 0.6) is 0 Å². The molecular formula is C7H16INO4S2. The molecule has 0 radical (unpaired) electrons. The van der Waals surface area contributed by atoms with E-state index in [1.54, 1.807) is 0 Å². The Labute approximate surface area is 105 Å². The van der Waals surface area contributed by atoms with Gasteiger partial charge < -0.3 is 0 Å². The van der Waals surface area contributed by atoms with Crippen LogP contribution in [0, 0.1) is 0 Å². The van der Waals surface area contributed by atoms with Gasteiger partial charge in [-0.2, -0.15) is 0 Å². The van der Waals surface area contributed by atoms with Crippen molar-refractivity contribution < 1.29 is 16.8 Å². The molecule has 0 atom stereocenters. The largest absolute Gasteiger partial charge is 0.229 e. The molecule has 8 heteroatoms. The lowest BCUT2D eigenvalue weighted by Crippen LogP contribution is -2.30. The first-order chi connectivity index (χ1) is 6.77. The van der Waals surface area contributed by atoms with Gasteiger partial charge in [-0.3, -0.25) is 0 Å². The first-order valence-corrected chi connectivity index (χ1v) is 9.72. The smallest absolute Gasteiger partial charge is 0.212 e. The SMILES string of the molecule is CS(=O)(=O)CCS(=O)(=O)NCCCCI. The lowest BCUT2D eigenvalue weighted by molar-refractivity contribution is 0.576. The van der Waals surface area contributed by atoms with E-state index in [9.17, 15) is 16.8 Å². The molecular weight excluding hydrogens is 353 g/mol. The van der Waals surface area contributed by atoms with Crippen molar-refractivity contribution in [3.63, 3.8) is 0 Å². The summed E-state index contributed by atoms with van der Waals surface area (Å²) in [6.45, 7) is 0.384. The standard InChI is InChI=1S/C7H16INO4S2/c1-14(10,11)6-7-15(12,13)9-5-3-2-4-8/h9H,2-7H2,1H3. The fraction of sp³-hybridized carbons (Fsp3) is 1.00. The maximum absolute atomic E-state index is 11.3. The van der Waals surface area contributed by atoms with Gasteiger partial charge >= 0.3 is 0 Å². The number of nitrogens with one attached hydrogen (secondary N) is 1. The van der Waals surface area contributed by atoms with Crippen LogP contribution >= 0.6 is 22.6 Å². The number of hydrogen-bond acceptors (Lipinski definition) is 4. The molecule has 0 rings (SSSR count).